The molecule has 0 aliphatic rings. The summed E-state index contributed by atoms with van der Waals surface area (Å²) in [6, 6.07) is 7.16. The number of likely N-dealkylation sites (N-methyl/N-ethyl adjacent to an activating group) is 1. The van der Waals surface area contributed by atoms with Gasteiger partial charge in [-0.05, 0) is 37.1 Å². The fourth-order valence-corrected chi connectivity index (χ4v) is 4.52. The van der Waals surface area contributed by atoms with Gasteiger partial charge in [0.15, 0.2) is 0 Å². The Morgan fingerprint density at radius 2 is 1.93 bits per heavy atom. The normalized spacial score (nSPS) is 13.1. The van der Waals surface area contributed by atoms with Gasteiger partial charge in [-0.1, -0.05) is 19.1 Å². The zero-order valence-corrected chi connectivity index (χ0v) is 16.7. The Morgan fingerprint density at radius 3 is 2.54 bits per heavy atom. The number of carboxylic acids is 1. The van der Waals surface area contributed by atoms with Gasteiger partial charge in [0.2, 0.25) is 10.0 Å². The average Bonchev–Trinajstić information content (AvgIpc) is 3.03. The summed E-state index contributed by atoms with van der Waals surface area (Å²) in [7, 11) is -2.61. The fraction of sp³-hybridized carbons (Fsp3) is 0.316. The molecule has 3 rings (SSSR count). The zero-order valence-electron chi connectivity index (χ0n) is 15.9. The average molecular weight is 402 g/mol. The Labute approximate surface area is 163 Å². The molecule has 2 heterocycles. The van der Waals surface area contributed by atoms with E-state index >= 15 is 0 Å². The number of aromatic nitrogens is 3. The van der Waals surface area contributed by atoms with E-state index < -0.39 is 22.0 Å². The molecule has 0 unspecified atom stereocenters. The quantitative estimate of drug-likeness (QED) is 0.627. The van der Waals surface area contributed by atoms with Crippen LogP contribution in [-0.4, -0.2) is 51.8 Å². The van der Waals surface area contributed by atoms with E-state index in [1.165, 1.54) is 19.2 Å². The number of rotatable bonds is 7. The van der Waals surface area contributed by atoms with Crippen molar-refractivity contribution in [1.82, 2.24) is 19.3 Å². The van der Waals surface area contributed by atoms with Crippen molar-refractivity contribution in [2.45, 2.75) is 37.6 Å². The first-order valence-corrected chi connectivity index (χ1v) is 10.3. The Hall–Kier alpha value is -2.78. The molecule has 8 nitrogen and oxygen atoms in total. The van der Waals surface area contributed by atoms with Crippen LogP contribution >= 0.6 is 0 Å². The van der Waals surface area contributed by atoms with Crippen molar-refractivity contribution >= 4 is 27.0 Å². The molecule has 0 amide bonds. The lowest BCUT2D eigenvalue weighted by Gasteiger charge is -2.23. The molecule has 2 N–H and O–H groups in total. The monoisotopic (exact) mass is 402 g/mol. The largest absolute Gasteiger partial charge is 0.480 e. The molecule has 1 atom stereocenters. The highest BCUT2D eigenvalue weighted by atomic mass is 32.2. The maximum atomic E-state index is 12.7. The van der Waals surface area contributed by atoms with E-state index in [-0.39, 0.29) is 11.3 Å². The van der Waals surface area contributed by atoms with Gasteiger partial charge in [0.05, 0.1) is 16.1 Å². The van der Waals surface area contributed by atoms with Gasteiger partial charge in [0.25, 0.3) is 0 Å². The van der Waals surface area contributed by atoms with Gasteiger partial charge < -0.3 is 10.1 Å². The molecular formula is C19H22N4O4S. The molecule has 28 heavy (non-hydrogen) atoms. The molecule has 0 bridgehead atoms. The summed E-state index contributed by atoms with van der Waals surface area (Å²) < 4.78 is 26.3. The number of aliphatic carboxylic acids is 1. The minimum atomic E-state index is -3.90. The maximum Gasteiger partial charge on any atom is 0.321 e. The number of imidazole rings is 1. The summed E-state index contributed by atoms with van der Waals surface area (Å²) in [5, 5.41) is 9.23. The number of sulfonamides is 1. The molecule has 0 aliphatic carbocycles. The number of carboxylic acid groups (broad SMARTS) is 1. The summed E-state index contributed by atoms with van der Waals surface area (Å²) in [6.07, 6.45) is 2.40. The van der Waals surface area contributed by atoms with Crippen molar-refractivity contribution in [3.8, 4) is 0 Å². The van der Waals surface area contributed by atoms with Crippen molar-refractivity contribution in [2.24, 2.45) is 0 Å². The van der Waals surface area contributed by atoms with Gasteiger partial charge in [0, 0.05) is 19.7 Å². The first-order valence-electron chi connectivity index (χ1n) is 8.84. The van der Waals surface area contributed by atoms with Crippen LogP contribution in [0.5, 0.6) is 0 Å². The second-order valence-electron chi connectivity index (χ2n) is 6.58. The highest BCUT2D eigenvalue weighted by Crippen LogP contribution is 2.21. The van der Waals surface area contributed by atoms with Gasteiger partial charge >= 0.3 is 5.97 Å². The Morgan fingerprint density at radius 1 is 1.25 bits per heavy atom. The SMILES string of the molecule is CC[C@@H](C(=O)O)N(C)S(=O)(=O)c1ccc(Cc2nccc3[nH]c(C)nc23)cc1. The summed E-state index contributed by atoms with van der Waals surface area (Å²) in [4.78, 5) is 23.4. The van der Waals surface area contributed by atoms with Crippen LogP contribution in [0.1, 0.15) is 30.4 Å². The van der Waals surface area contributed by atoms with Gasteiger partial charge in [-0.3, -0.25) is 9.78 Å². The van der Waals surface area contributed by atoms with Crippen LogP contribution < -0.4 is 0 Å². The lowest BCUT2D eigenvalue weighted by Crippen LogP contribution is -2.41. The number of hydrogen-bond acceptors (Lipinski definition) is 5. The number of nitrogens with one attached hydrogen (secondary N) is 1. The topological polar surface area (TPSA) is 116 Å². The van der Waals surface area contributed by atoms with Crippen molar-refractivity contribution in [1.29, 1.82) is 0 Å². The van der Waals surface area contributed by atoms with Gasteiger partial charge in [-0.25, -0.2) is 13.4 Å². The van der Waals surface area contributed by atoms with E-state index in [0.717, 1.165) is 32.4 Å². The summed E-state index contributed by atoms with van der Waals surface area (Å²) in [5.41, 5.74) is 3.38. The Bertz CT molecular complexity index is 1110. The second-order valence-corrected chi connectivity index (χ2v) is 8.58. The van der Waals surface area contributed by atoms with Crippen LogP contribution in [0.15, 0.2) is 41.4 Å². The number of carbonyl (C=O) groups is 1. The van der Waals surface area contributed by atoms with E-state index in [1.807, 2.05) is 13.0 Å². The lowest BCUT2D eigenvalue weighted by atomic mass is 10.1. The summed E-state index contributed by atoms with van der Waals surface area (Å²) in [5.74, 6) is -0.365. The predicted molar refractivity (Wildman–Crippen MR) is 105 cm³/mol. The summed E-state index contributed by atoms with van der Waals surface area (Å²) >= 11 is 0. The molecule has 1 aromatic carbocycles. The third kappa shape index (κ3) is 3.76. The molecule has 0 aliphatic heterocycles. The zero-order chi connectivity index (χ0) is 20.5. The Balaban J connectivity index is 1.86. The third-order valence-electron chi connectivity index (χ3n) is 4.68. The van der Waals surface area contributed by atoms with Crippen molar-refractivity contribution < 1.29 is 18.3 Å². The molecule has 148 valence electrons. The first-order chi connectivity index (χ1) is 13.2. The minimum absolute atomic E-state index is 0.0558. The van der Waals surface area contributed by atoms with Crippen LogP contribution in [0.25, 0.3) is 11.0 Å². The number of hydrogen-bond donors (Lipinski definition) is 2. The Kier molecular flexibility index (Phi) is 5.48. The third-order valence-corrected chi connectivity index (χ3v) is 6.56. The molecule has 0 radical (unpaired) electrons. The van der Waals surface area contributed by atoms with Crippen molar-refractivity contribution in [2.75, 3.05) is 7.05 Å². The number of fused-ring (bicyclic) bond motifs is 1. The standard InChI is InChI=1S/C19H22N4O4S/c1-4-17(19(24)25)23(3)28(26,27)14-7-5-13(6-8-14)11-16-18-15(9-10-20-16)21-12(2)22-18/h5-10,17H,4,11H2,1-3H3,(H,21,22)(H,24,25)/t17-/m0/s1. The highest BCUT2D eigenvalue weighted by Gasteiger charge is 2.31. The highest BCUT2D eigenvalue weighted by molar-refractivity contribution is 7.89. The van der Waals surface area contributed by atoms with E-state index in [2.05, 4.69) is 15.0 Å². The van der Waals surface area contributed by atoms with E-state index in [0.29, 0.717) is 6.42 Å². The second kappa shape index (κ2) is 7.69. The van der Waals surface area contributed by atoms with Crippen LogP contribution in [0.3, 0.4) is 0 Å². The van der Waals surface area contributed by atoms with Crippen LogP contribution in [0.2, 0.25) is 0 Å². The molecule has 0 saturated heterocycles. The fourth-order valence-electron chi connectivity index (χ4n) is 3.14. The molecule has 9 heteroatoms. The molecule has 2 aromatic heterocycles. The molecule has 3 aromatic rings. The van der Waals surface area contributed by atoms with E-state index in [1.54, 1.807) is 25.3 Å². The van der Waals surface area contributed by atoms with Crippen LogP contribution in [-0.2, 0) is 21.2 Å². The van der Waals surface area contributed by atoms with Crippen LogP contribution in [0.4, 0.5) is 0 Å². The van der Waals surface area contributed by atoms with E-state index in [9.17, 15) is 18.3 Å². The van der Waals surface area contributed by atoms with Crippen molar-refractivity contribution in [3.63, 3.8) is 0 Å². The summed E-state index contributed by atoms with van der Waals surface area (Å²) in [6.45, 7) is 3.51. The number of aromatic amines is 1. The predicted octanol–water partition coefficient (Wildman–Crippen LogP) is 2.34. The smallest absolute Gasteiger partial charge is 0.321 e. The first kappa shape index (κ1) is 20.0. The maximum absolute atomic E-state index is 12.7. The lowest BCUT2D eigenvalue weighted by molar-refractivity contribution is -0.141. The van der Waals surface area contributed by atoms with Gasteiger partial charge in [0.1, 0.15) is 17.4 Å². The number of nitrogens with zero attached hydrogens (tertiary/aromatic N) is 3. The molecule has 0 fully saturated rings. The molecular weight excluding hydrogens is 380 g/mol. The minimum Gasteiger partial charge on any atom is -0.480 e. The molecule has 0 spiro atoms. The number of H-pyrrole nitrogens is 1. The molecule has 0 saturated carbocycles. The van der Waals surface area contributed by atoms with Crippen LogP contribution in [0, 0.1) is 6.92 Å². The van der Waals surface area contributed by atoms with E-state index in [4.69, 9.17) is 0 Å². The number of pyridine rings is 1. The number of aryl methyl sites for hydroxylation is 1. The van der Waals surface area contributed by atoms with Gasteiger partial charge in [-0.15, -0.1) is 0 Å². The van der Waals surface area contributed by atoms with Crippen molar-refractivity contribution in [3.05, 3.63) is 53.6 Å². The number of benzene rings is 1. The van der Waals surface area contributed by atoms with Gasteiger partial charge in [-0.2, -0.15) is 4.31 Å².